The molecule has 0 radical (unpaired) electrons. The van der Waals surface area contributed by atoms with E-state index in [2.05, 4.69) is 10.3 Å². The summed E-state index contributed by atoms with van der Waals surface area (Å²) in [7, 11) is 0. The number of benzene rings is 1. The maximum Gasteiger partial charge on any atom is 0.257 e. The van der Waals surface area contributed by atoms with Gasteiger partial charge in [0.25, 0.3) is 5.91 Å². The Bertz CT molecular complexity index is 819. The van der Waals surface area contributed by atoms with Gasteiger partial charge in [-0.15, -0.1) is 11.3 Å². The topological polar surface area (TPSA) is 46.9 Å². The summed E-state index contributed by atoms with van der Waals surface area (Å²) in [6.45, 7) is 5.93. The molecule has 4 nitrogen and oxygen atoms in total. The van der Waals surface area contributed by atoms with Gasteiger partial charge >= 0.3 is 0 Å². The van der Waals surface area contributed by atoms with Gasteiger partial charge in [0.1, 0.15) is 0 Å². The minimum atomic E-state index is -0.0958. The quantitative estimate of drug-likeness (QED) is 0.791. The van der Waals surface area contributed by atoms with Crippen LogP contribution < -0.4 is 5.32 Å². The summed E-state index contributed by atoms with van der Waals surface area (Å²) >= 11 is 1.56. The summed E-state index contributed by atoms with van der Waals surface area (Å²) in [4.78, 5) is 16.9. The monoisotopic (exact) mass is 311 g/mol. The number of carbonyl (C=O) groups is 1. The first kappa shape index (κ1) is 14.5. The van der Waals surface area contributed by atoms with Crippen molar-refractivity contribution in [2.45, 2.75) is 20.8 Å². The predicted octanol–water partition coefficient (Wildman–Crippen LogP) is 4.11. The summed E-state index contributed by atoms with van der Waals surface area (Å²) in [6, 6.07) is 9.69. The van der Waals surface area contributed by atoms with Crippen LogP contribution in [0.1, 0.15) is 27.3 Å². The number of anilines is 1. The number of aryl methyl sites for hydroxylation is 2. The van der Waals surface area contributed by atoms with Crippen molar-refractivity contribution in [3.63, 3.8) is 0 Å². The third kappa shape index (κ3) is 2.67. The number of thiazole rings is 1. The fourth-order valence-electron chi connectivity index (χ4n) is 2.53. The molecule has 0 spiro atoms. The largest absolute Gasteiger partial charge is 0.322 e. The van der Waals surface area contributed by atoms with Crippen molar-refractivity contribution in [1.29, 1.82) is 0 Å². The molecule has 3 aromatic rings. The van der Waals surface area contributed by atoms with Gasteiger partial charge < -0.3 is 5.32 Å². The summed E-state index contributed by atoms with van der Waals surface area (Å²) in [6.07, 6.45) is 1.77. The van der Waals surface area contributed by atoms with E-state index in [9.17, 15) is 4.79 Å². The van der Waals surface area contributed by atoms with Crippen LogP contribution in [0.4, 0.5) is 5.69 Å². The molecule has 5 heteroatoms. The molecular formula is C17H17N3OS. The lowest BCUT2D eigenvalue weighted by atomic mass is 10.2. The highest BCUT2D eigenvalue weighted by molar-refractivity contribution is 7.12. The van der Waals surface area contributed by atoms with E-state index in [1.807, 2.05) is 61.1 Å². The molecule has 0 saturated carbocycles. The minimum Gasteiger partial charge on any atom is -0.322 e. The molecule has 2 heterocycles. The van der Waals surface area contributed by atoms with Crippen LogP contribution in [0.5, 0.6) is 0 Å². The lowest BCUT2D eigenvalue weighted by Crippen LogP contribution is -2.13. The number of carbonyl (C=O) groups excluding carboxylic acids is 1. The molecule has 1 aromatic carbocycles. The Kier molecular flexibility index (Phi) is 3.81. The SMILES string of the molecule is Cc1cccc(NC(=O)c2cc(C)n(-c3nccs3)c2C)c1. The van der Waals surface area contributed by atoms with Gasteiger partial charge in [0.05, 0.1) is 5.56 Å². The third-order valence-electron chi connectivity index (χ3n) is 3.56. The van der Waals surface area contributed by atoms with Gasteiger partial charge in [-0.05, 0) is 44.5 Å². The van der Waals surface area contributed by atoms with E-state index in [4.69, 9.17) is 0 Å². The van der Waals surface area contributed by atoms with Crippen molar-refractivity contribution in [3.05, 3.63) is 64.4 Å². The van der Waals surface area contributed by atoms with Crippen LogP contribution in [-0.4, -0.2) is 15.5 Å². The van der Waals surface area contributed by atoms with E-state index in [-0.39, 0.29) is 5.91 Å². The molecule has 0 unspecified atom stereocenters. The van der Waals surface area contributed by atoms with Gasteiger partial charge in [0.15, 0.2) is 5.13 Å². The lowest BCUT2D eigenvalue weighted by Gasteiger charge is -2.07. The second kappa shape index (κ2) is 5.77. The van der Waals surface area contributed by atoms with Crippen LogP contribution in [0.3, 0.4) is 0 Å². The summed E-state index contributed by atoms with van der Waals surface area (Å²) < 4.78 is 2.01. The molecule has 0 aliphatic carbocycles. The number of nitrogens with zero attached hydrogens (tertiary/aromatic N) is 2. The smallest absolute Gasteiger partial charge is 0.257 e. The number of rotatable bonds is 3. The van der Waals surface area contributed by atoms with Crippen molar-refractivity contribution >= 4 is 22.9 Å². The number of nitrogens with one attached hydrogen (secondary N) is 1. The van der Waals surface area contributed by atoms with Gasteiger partial charge in [-0.25, -0.2) is 4.98 Å². The van der Waals surface area contributed by atoms with Crippen LogP contribution in [0.2, 0.25) is 0 Å². The fourth-order valence-corrected chi connectivity index (χ4v) is 3.29. The number of amides is 1. The summed E-state index contributed by atoms with van der Waals surface area (Å²) in [5.41, 5.74) is 4.50. The summed E-state index contributed by atoms with van der Waals surface area (Å²) in [5.74, 6) is -0.0958. The molecule has 22 heavy (non-hydrogen) atoms. The molecule has 0 aliphatic heterocycles. The van der Waals surface area contributed by atoms with E-state index in [1.165, 1.54) is 0 Å². The molecule has 1 amide bonds. The van der Waals surface area contributed by atoms with Crippen LogP contribution in [0.15, 0.2) is 41.9 Å². The standard InChI is InChI=1S/C17H17N3OS/c1-11-5-4-6-14(9-11)19-16(21)15-10-12(2)20(13(15)3)17-18-7-8-22-17/h4-10H,1-3H3,(H,19,21). The van der Waals surface area contributed by atoms with E-state index >= 15 is 0 Å². The Morgan fingerprint density at radius 1 is 1.23 bits per heavy atom. The Morgan fingerprint density at radius 2 is 2.05 bits per heavy atom. The van der Waals surface area contributed by atoms with Crippen molar-refractivity contribution in [3.8, 4) is 5.13 Å². The Morgan fingerprint density at radius 3 is 2.73 bits per heavy atom. The Labute approximate surface area is 133 Å². The molecule has 0 bridgehead atoms. The van der Waals surface area contributed by atoms with Crippen LogP contribution >= 0.6 is 11.3 Å². The molecule has 0 fully saturated rings. The molecule has 0 saturated heterocycles. The van der Waals surface area contributed by atoms with Crippen molar-refractivity contribution in [2.24, 2.45) is 0 Å². The van der Waals surface area contributed by atoms with Crippen molar-refractivity contribution in [1.82, 2.24) is 9.55 Å². The summed E-state index contributed by atoms with van der Waals surface area (Å²) in [5, 5.41) is 5.77. The van der Waals surface area contributed by atoms with E-state index < -0.39 is 0 Å². The maximum absolute atomic E-state index is 12.5. The van der Waals surface area contributed by atoms with Gasteiger partial charge in [0.2, 0.25) is 0 Å². The molecule has 0 aliphatic rings. The maximum atomic E-state index is 12.5. The molecule has 3 rings (SSSR count). The first-order chi connectivity index (χ1) is 10.6. The first-order valence-corrected chi connectivity index (χ1v) is 7.91. The highest BCUT2D eigenvalue weighted by Crippen LogP contribution is 2.23. The zero-order chi connectivity index (χ0) is 15.7. The van der Waals surface area contributed by atoms with E-state index in [0.29, 0.717) is 5.56 Å². The van der Waals surface area contributed by atoms with E-state index in [1.54, 1.807) is 17.5 Å². The Balaban J connectivity index is 1.92. The molecule has 112 valence electrons. The zero-order valence-electron chi connectivity index (χ0n) is 12.8. The molecular weight excluding hydrogens is 294 g/mol. The predicted molar refractivity (Wildman–Crippen MR) is 90.0 cm³/mol. The third-order valence-corrected chi connectivity index (χ3v) is 4.32. The van der Waals surface area contributed by atoms with Crippen LogP contribution in [0, 0.1) is 20.8 Å². The molecule has 2 aromatic heterocycles. The molecule has 0 atom stereocenters. The average Bonchev–Trinajstić information content (AvgIpc) is 3.07. The second-order valence-electron chi connectivity index (χ2n) is 5.26. The minimum absolute atomic E-state index is 0.0958. The number of hydrogen-bond acceptors (Lipinski definition) is 3. The van der Waals surface area contributed by atoms with Gasteiger partial charge in [-0.2, -0.15) is 0 Å². The number of aromatic nitrogens is 2. The molecule has 1 N–H and O–H groups in total. The van der Waals surface area contributed by atoms with Gasteiger partial charge in [-0.1, -0.05) is 12.1 Å². The zero-order valence-corrected chi connectivity index (χ0v) is 13.6. The first-order valence-electron chi connectivity index (χ1n) is 7.03. The lowest BCUT2D eigenvalue weighted by molar-refractivity contribution is 0.102. The highest BCUT2D eigenvalue weighted by atomic mass is 32.1. The highest BCUT2D eigenvalue weighted by Gasteiger charge is 2.17. The average molecular weight is 311 g/mol. The van der Waals surface area contributed by atoms with E-state index in [0.717, 1.165) is 27.8 Å². The second-order valence-corrected chi connectivity index (χ2v) is 6.13. The van der Waals surface area contributed by atoms with Crippen LogP contribution in [-0.2, 0) is 0 Å². The van der Waals surface area contributed by atoms with Gasteiger partial charge in [0, 0.05) is 28.7 Å². The number of hydrogen-bond donors (Lipinski definition) is 1. The van der Waals surface area contributed by atoms with Crippen molar-refractivity contribution in [2.75, 3.05) is 5.32 Å². The fraction of sp³-hybridized carbons (Fsp3) is 0.176. The normalized spacial score (nSPS) is 10.7. The van der Waals surface area contributed by atoms with Gasteiger partial charge in [-0.3, -0.25) is 9.36 Å². The van der Waals surface area contributed by atoms with Crippen molar-refractivity contribution < 1.29 is 4.79 Å². The Hall–Kier alpha value is -2.40. The van der Waals surface area contributed by atoms with Crippen LogP contribution in [0.25, 0.3) is 5.13 Å².